The fraction of sp³-hybridized carbons (Fsp3) is 0.852. The van der Waals surface area contributed by atoms with Gasteiger partial charge in [-0.15, -0.1) is 11.7 Å². The van der Waals surface area contributed by atoms with Gasteiger partial charge in [0.15, 0.2) is 32.7 Å². The normalized spacial score (nSPS) is 36.7. The molecule has 1 aromatic rings. The lowest BCUT2D eigenvalue weighted by Crippen LogP contribution is -2.67. The summed E-state index contributed by atoms with van der Waals surface area (Å²) in [7, 11) is -8.61. The van der Waals surface area contributed by atoms with Crippen LogP contribution in [0.5, 0.6) is 0 Å². The summed E-state index contributed by atoms with van der Waals surface area (Å²) in [6.45, 7) is 22.1. The molecule has 0 amide bonds. The molecule has 3 rings (SSSR count). The molecule has 12 nitrogen and oxygen atoms in total. The van der Waals surface area contributed by atoms with Gasteiger partial charge in [0.25, 0.3) is 0 Å². The second-order valence-corrected chi connectivity index (χ2v) is 30.2. The third-order valence-electron chi connectivity index (χ3n) is 9.39. The molecular weight excluding hydrogens is 623 g/mol. The highest BCUT2D eigenvalue weighted by Gasteiger charge is 2.59. The van der Waals surface area contributed by atoms with Crippen molar-refractivity contribution < 1.29 is 42.9 Å². The number of ether oxygens (including phenoxy) is 2. The molecule has 0 spiro atoms. The van der Waals surface area contributed by atoms with E-state index in [4.69, 9.17) is 17.7 Å². The Kier molecular flexibility index (Phi) is 13.1. The van der Waals surface area contributed by atoms with Gasteiger partial charge in [0.2, 0.25) is 0 Å². The number of rotatable bonds is 14. The van der Waals surface area contributed by atoms with E-state index >= 15 is 0 Å². The molecule has 16 heteroatoms. The topological polar surface area (TPSA) is 169 Å². The van der Waals surface area contributed by atoms with Gasteiger partial charge >= 0.3 is 8.56 Å². The van der Waals surface area contributed by atoms with Crippen LogP contribution in [0.25, 0.3) is 0 Å². The van der Waals surface area contributed by atoms with Crippen molar-refractivity contribution in [2.75, 3.05) is 6.61 Å². The number of hydrogen-bond acceptors (Lipinski definition) is 11. The first-order valence-electron chi connectivity index (χ1n) is 15.6. The van der Waals surface area contributed by atoms with Crippen LogP contribution in [-0.2, 0) is 30.9 Å². The highest BCUT2D eigenvalue weighted by Crippen LogP contribution is 2.48. The molecule has 1 aromatic heterocycles. The third-order valence-corrected chi connectivity index (χ3v) is 31.6. The lowest BCUT2D eigenvalue weighted by molar-refractivity contribution is -0.304. The van der Waals surface area contributed by atoms with Gasteiger partial charge in [-0.05, 0) is 47.3 Å². The number of aromatic nitrogens is 3. The molecule has 0 saturated carbocycles. The van der Waals surface area contributed by atoms with Crippen molar-refractivity contribution in [1.82, 2.24) is 15.0 Å². The summed E-state index contributed by atoms with van der Waals surface area (Å²) in [4.78, 5) is 11.2. The molecule has 248 valence electrons. The lowest BCUT2D eigenvalue weighted by atomic mass is 9.99. The molecule has 11 atom stereocenters. The maximum atomic E-state index is 11.2. The Morgan fingerprint density at radius 2 is 1.86 bits per heavy atom. The summed E-state index contributed by atoms with van der Waals surface area (Å²) in [5, 5.41) is 48.6. The SMILES string of the molecule is C=C(C)C[Si]1(CCCn2cc(COC3OC(CO)C(O)C(O)C3O)nn2)O[SiH](C(C)[SiH](O)C(C)C)C(C)[Si](C)(C(C)C)O1. The van der Waals surface area contributed by atoms with E-state index in [9.17, 15) is 25.2 Å². The predicted octanol–water partition coefficient (Wildman–Crippen LogP) is 1.74. The summed E-state index contributed by atoms with van der Waals surface area (Å²) in [5.41, 5.74) is 2.32. The number of aryl methyl sites for hydroxylation is 1. The van der Waals surface area contributed by atoms with Crippen LogP contribution in [0.3, 0.4) is 0 Å². The zero-order valence-corrected chi connectivity index (χ0v) is 31.4. The molecule has 2 aliphatic heterocycles. The standard InChI is InChI=1S/C27H55N3O9Si4/c1-17(2)16-43(38-41(20(7)40(35)18(3)4)21(8)42(9,39-43)19(5)6)12-10-11-30-13-22(28-29-30)15-36-27-26(34)25(33)24(32)23(14-31)37-27/h13,18-21,23-27,31-35,40-41H,1,10-12,14-16H2,2-9H3. The van der Waals surface area contributed by atoms with E-state index in [0.717, 1.165) is 24.1 Å². The Hall–Kier alpha value is -0.612. The van der Waals surface area contributed by atoms with E-state index in [-0.39, 0.29) is 11.8 Å². The minimum Gasteiger partial charge on any atom is -0.438 e. The predicted molar refractivity (Wildman–Crippen MR) is 173 cm³/mol. The quantitative estimate of drug-likeness (QED) is 0.144. The van der Waals surface area contributed by atoms with Crippen molar-refractivity contribution in [2.24, 2.45) is 0 Å². The van der Waals surface area contributed by atoms with Gasteiger partial charge in [-0.1, -0.05) is 52.3 Å². The van der Waals surface area contributed by atoms with E-state index in [1.54, 1.807) is 10.9 Å². The number of aliphatic hydroxyl groups is 4. The van der Waals surface area contributed by atoms with Gasteiger partial charge < -0.3 is 42.9 Å². The van der Waals surface area contributed by atoms with Crippen molar-refractivity contribution >= 4 is 35.0 Å². The molecule has 0 bridgehead atoms. The highest BCUT2D eigenvalue weighted by atomic mass is 28.5. The lowest BCUT2D eigenvalue weighted by Gasteiger charge is -2.55. The van der Waals surface area contributed by atoms with Gasteiger partial charge in [0.1, 0.15) is 30.1 Å². The molecule has 2 fully saturated rings. The smallest absolute Gasteiger partial charge is 0.321 e. The summed E-state index contributed by atoms with van der Waals surface area (Å²) in [6, 6.07) is 1.55. The second-order valence-electron chi connectivity index (χ2n) is 13.5. The Bertz CT molecular complexity index is 1050. The monoisotopic (exact) mass is 677 g/mol. The van der Waals surface area contributed by atoms with Gasteiger partial charge in [-0.3, -0.25) is 4.68 Å². The van der Waals surface area contributed by atoms with Crippen molar-refractivity contribution in [3.05, 3.63) is 24.0 Å². The summed E-state index contributed by atoms with van der Waals surface area (Å²) < 4.78 is 27.2. The van der Waals surface area contributed by atoms with Gasteiger partial charge in [-0.25, -0.2) is 0 Å². The molecule has 5 N–H and O–H groups in total. The van der Waals surface area contributed by atoms with Crippen LogP contribution in [0.4, 0.5) is 0 Å². The highest BCUT2D eigenvalue weighted by molar-refractivity contribution is 7.00. The van der Waals surface area contributed by atoms with E-state index in [2.05, 4.69) is 65.0 Å². The van der Waals surface area contributed by atoms with Gasteiger partial charge in [0, 0.05) is 12.6 Å². The number of hydrogen-bond donors (Lipinski definition) is 5. The average molecular weight is 678 g/mol. The fourth-order valence-corrected chi connectivity index (χ4v) is 33.1. The Labute approximate surface area is 261 Å². The van der Waals surface area contributed by atoms with Gasteiger partial charge in [0.05, 0.1) is 19.4 Å². The molecule has 0 aromatic carbocycles. The maximum Gasteiger partial charge on any atom is 0.321 e. The van der Waals surface area contributed by atoms with Crippen LogP contribution in [0.1, 0.15) is 60.6 Å². The second kappa shape index (κ2) is 15.3. The third kappa shape index (κ3) is 8.60. The summed E-state index contributed by atoms with van der Waals surface area (Å²) in [6.07, 6.45) is -4.14. The number of allylic oxidation sites excluding steroid dienone is 1. The molecular formula is C27H55N3O9Si4. The van der Waals surface area contributed by atoms with Crippen LogP contribution >= 0.6 is 0 Å². The first-order valence-corrected chi connectivity index (χ1v) is 24.0. The fourth-order valence-electron chi connectivity index (χ4n) is 6.33. The maximum absolute atomic E-state index is 11.2. The van der Waals surface area contributed by atoms with Crippen molar-refractivity contribution in [3.8, 4) is 0 Å². The summed E-state index contributed by atoms with van der Waals surface area (Å²) in [5.74, 6) is 0. The molecule has 11 unspecified atom stereocenters. The molecule has 43 heavy (non-hydrogen) atoms. The van der Waals surface area contributed by atoms with Crippen LogP contribution in [0, 0.1) is 0 Å². The Morgan fingerprint density at radius 1 is 1.19 bits per heavy atom. The van der Waals surface area contributed by atoms with Gasteiger partial charge in [-0.2, -0.15) is 0 Å². The Balaban J connectivity index is 1.69. The number of nitrogens with zero attached hydrogens (tertiary/aromatic N) is 3. The Morgan fingerprint density at radius 3 is 2.44 bits per heavy atom. The minimum atomic E-state index is -2.67. The zero-order chi connectivity index (χ0) is 32.3. The zero-order valence-electron chi connectivity index (χ0n) is 27.1. The summed E-state index contributed by atoms with van der Waals surface area (Å²) >= 11 is 0. The molecule has 3 heterocycles. The molecule has 0 aliphatic carbocycles. The van der Waals surface area contributed by atoms with Crippen LogP contribution in [0.2, 0.25) is 40.0 Å². The first-order chi connectivity index (χ1) is 20.0. The van der Waals surface area contributed by atoms with E-state index < -0.39 is 72.3 Å². The average Bonchev–Trinajstić information content (AvgIpc) is 3.39. The van der Waals surface area contributed by atoms with E-state index in [1.165, 1.54) is 0 Å². The van der Waals surface area contributed by atoms with Crippen LogP contribution in [0.15, 0.2) is 18.3 Å². The minimum absolute atomic E-state index is 0.0350. The molecule has 2 saturated heterocycles. The molecule has 2 aliphatic rings. The first kappa shape index (κ1) is 36.9. The van der Waals surface area contributed by atoms with E-state index in [1.807, 2.05) is 6.92 Å². The van der Waals surface area contributed by atoms with Crippen LogP contribution in [-0.4, -0.2) is 112 Å². The van der Waals surface area contributed by atoms with Crippen molar-refractivity contribution in [2.45, 2.75) is 139 Å². The number of aliphatic hydroxyl groups excluding tert-OH is 4. The largest absolute Gasteiger partial charge is 0.438 e. The van der Waals surface area contributed by atoms with Crippen molar-refractivity contribution in [1.29, 1.82) is 0 Å². The van der Waals surface area contributed by atoms with Crippen LogP contribution < -0.4 is 0 Å². The van der Waals surface area contributed by atoms with Crippen molar-refractivity contribution in [3.63, 3.8) is 0 Å². The van der Waals surface area contributed by atoms with E-state index in [0.29, 0.717) is 28.5 Å². The molecule has 0 radical (unpaired) electrons.